The lowest BCUT2D eigenvalue weighted by Crippen LogP contribution is -2.21. The number of carbonyl (C=O) groups excluding carboxylic acids is 1. The molecule has 96 valence electrons. The first-order valence-electron chi connectivity index (χ1n) is 6.11. The second-order valence-electron chi connectivity index (χ2n) is 2.90. The molecule has 0 saturated carbocycles. The first-order chi connectivity index (χ1) is 8.20. The average Bonchev–Trinajstić information content (AvgIpc) is 2.67. The molecule has 0 aromatic heterocycles. The van der Waals surface area contributed by atoms with Crippen LogP contribution in [0.1, 0.15) is 27.7 Å². The van der Waals surface area contributed by atoms with Crippen LogP contribution in [0.4, 0.5) is 0 Å². The predicted octanol–water partition coefficient (Wildman–Crippen LogP) is 3.74. The van der Waals surface area contributed by atoms with Crippen LogP contribution < -0.4 is 0 Å². The summed E-state index contributed by atoms with van der Waals surface area (Å²) in [5.74, 6) is 0.0405. The Hall–Kier alpha value is -1.57. The Kier molecular flexibility index (Phi) is 11.5. The molecule has 1 amide bonds. The van der Waals surface area contributed by atoms with E-state index in [-0.39, 0.29) is 5.91 Å². The number of likely N-dealkylation sites (N-methyl/N-ethyl adjacent to an activating group) is 1. The van der Waals surface area contributed by atoms with Gasteiger partial charge in [-0.25, -0.2) is 0 Å². The van der Waals surface area contributed by atoms with Crippen molar-refractivity contribution in [3.05, 3.63) is 48.6 Å². The molecule has 0 unspecified atom stereocenters. The van der Waals surface area contributed by atoms with Crippen molar-refractivity contribution in [1.29, 1.82) is 0 Å². The van der Waals surface area contributed by atoms with Crippen LogP contribution in [0, 0.1) is 0 Å². The van der Waals surface area contributed by atoms with Gasteiger partial charge >= 0.3 is 0 Å². The number of carbonyl (C=O) groups is 1. The number of allylic oxidation sites excluding steroid dienone is 2. The molecule has 0 N–H and O–H groups in total. The van der Waals surface area contributed by atoms with E-state index in [4.69, 9.17) is 0 Å². The summed E-state index contributed by atoms with van der Waals surface area (Å²) in [4.78, 5) is 13.1. The summed E-state index contributed by atoms with van der Waals surface area (Å²) in [6.45, 7) is 15.9. The van der Waals surface area contributed by atoms with E-state index in [0.29, 0.717) is 12.1 Å². The minimum Gasteiger partial charge on any atom is -0.337 e. The lowest BCUT2D eigenvalue weighted by Gasteiger charge is -2.06. The van der Waals surface area contributed by atoms with Gasteiger partial charge in [0.2, 0.25) is 0 Å². The maximum absolute atomic E-state index is 11.4. The third-order valence-electron chi connectivity index (χ3n) is 1.97. The molecule has 0 bridgehead atoms. The molecule has 2 heteroatoms. The van der Waals surface area contributed by atoms with Gasteiger partial charge in [-0.05, 0) is 5.57 Å². The van der Waals surface area contributed by atoms with Gasteiger partial charge in [-0.3, -0.25) is 4.79 Å². The molecule has 17 heavy (non-hydrogen) atoms. The lowest BCUT2D eigenvalue weighted by molar-refractivity contribution is -0.124. The van der Waals surface area contributed by atoms with Gasteiger partial charge in [0.05, 0.1) is 0 Å². The second kappa shape index (κ2) is 10.9. The lowest BCUT2D eigenvalue weighted by atomic mass is 10.1. The highest BCUT2D eigenvalue weighted by atomic mass is 16.2. The molecule has 1 aliphatic rings. The first-order valence-corrected chi connectivity index (χ1v) is 6.11. The van der Waals surface area contributed by atoms with Gasteiger partial charge in [-0.15, -0.1) is 0 Å². The van der Waals surface area contributed by atoms with Gasteiger partial charge in [0.25, 0.3) is 5.91 Å². The Labute approximate surface area is 106 Å². The van der Waals surface area contributed by atoms with Crippen LogP contribution in [-0.2, 0) is 4.79 Å². The Morgan fingerprint density at radius 3 is 2.12 bits per heavy atom. The third-order valence-corrected chi connectivity index (χ3v) is 1.97. The minimum absolute atomic E-state index is 0.0405. The van der Waals surface area contributed by atoms with Crippen LogP contribution in [0.5, 0.6) is 0 Å². The van der Waals surface area contributed by atoms with Crippen molar-refractivity contribution >= 4 is 5.91 Å². The Morgan fingerprint density at radius 1 is 1.18 bits per heavy atom. The Balaban J connectivity index is 0. The maximum atomic E-state index is 11.4. The van der Waals surface area contributed by atoms with Crippen LogP contribution in [0.3, 0.4) is 0 Å². The number of amides is 1. The Bertz CT molecular complexity index is 311. The zero-order valence-electron chi connectivity index (χ0n) is 11.8. The van der Waals surface area contributed by atoms with E-state index in [9.17, 15) is 4.79 Å². The fraction of sp³-hybridized carbons (Fsp3) is 0.400. The molecule has 1 aliphatic heterocycles. The van der Waals surface area contributed by atoms with Crippen molar-refractivity contribution in [1.82, 2.24) is 4.90 Å². The van der Waals surface area contributed by atoms with Crippen molar-refractivity contribution in [2.24, 2.45) is 0 Å². The van der Waals surface area contributed by atoms with E-state index in [1.807, 2.05) is 39.8 Å². The molecule has 0 saturated heterocycles. The van der Waals surface area contributed by atoms with E-state index in [1.165, 1.54) is 0 Å². The molecule has 1 heterocycles. The maximum Gasteiger partial charge on any atom is 0.254 e. The highest BCUT2D eigenvalue weighted by Gasteiger charge is 2.23. The molecule has 0 aliphatic carbocycles. The molecular weight excluding hydrogens is 210 g/mol. The first kappa shape index (κ1) is 17.8. The molecule has 0 atom stereocenters. The molecule has 0 aromatic carbocycles. The minimum atomic E-state index is 0.0405. The van der Waals surface area contributed by atoms with Gasteiger partial charge in [0.15, 0.2) is 0 Å². The zero-order valence-corrected chi connectivity index (χ0v) is 11.8. The monoisotopic (exact) mass is 235 g/mol. The largest absolute Gasteiger partial charge is 0.337 e. The predicted molar refractivity (Wildman–Crippen MR) is 76.9 cm³/mol. The fourth-order valence-electron chi connectivity index (χ4n) is 1.30. The molecule has 0 fully saturated rings. The number of hydrogen-bond acceptors (Lipinski definition) is 1. The number of nitrogens with zero attached hydrogens (tertiary/aromatic N) is 1. The zero-order chi connectivity index (χ0) is 13.8. The fourth-order valence-corrected chi connectivity index (χ4v) is 1.30. The third kappa shape index (κ3) is 5.34. The number of rotatable bonds is 3. The highest BCUT2D eigenvalue weighted by molar-refractivity contribution is 6.00. The van der Waals surface area contributed by atoms with Crippen LogP contribution in [0.15, 0.2) is 48.6 Å². The van der Waals surface area contributed by atoms with E-state index in [1.54, 1.807) is 24.1 Å². The SMILES string of the molecule is C=C/C=C\C1=C(C=C)C(=O)N(C)C1.CC.CC. The number of hydrogen-bond donors (Lipinski definition) is 0. The summed E-state index contributed by atoms with van der Waals surface area (Å²) in [5.41, 5.74) is 1.70. The van der Waals surface area contributed by atoms with Crippen molar-refractivity contribution in [2.45, 2.75) is 27.7 Å². The van der Waals surface area contributed by atoms with Gasteiger partial charge in [-0.2, -0.15) is 0 Å². The standard InChI is InChI=1S/C11H13NO.2C2H6/c1-4-6-7-9-8-12(3)11(13)10(9)5-2;2*1-2/h4-7H,1-2,8H2,3H3;2*1-2H3/b7-6-;;. The second-order valence-corrected chi connectivity index (χ2v) is 2.90. The average molecular weight is 235 g/mol. The van der Waals surface area contributed by atoms with Crippen molar-refractivity contribution in [3.63, 3.8) is 0 Å². The summed E-state index contributed by atoms with van der Waals surface area (Å²) in [6.07, 6.45) is 7.02. The van der Waals surface area contributed by atoms with E-state index in [2.05, 4.69) is 13.2 Å². The van der Waals surface area contributed by atoms with Crippen LogP contribution in [0.2, 0.25) is 0 Å². The normalized spacial score (nSPS) is 13.9. The molecule has 0 spiro atoms. The Morgan fingerprint density at radius 2 is 1.71 bits per heavy atom. The summed E-state index contributed by atoms with van der Waals surface area (Å²) >= 11 is 0. The van der Waals surface area contributed by atoms with Crippen molar-refractivity contribution < 1.29 is 4.79 Å². The highest BCUT2D eigenvalue weighted by Crippen LogP contribution is 2.19. The molecule has 1 rings (SSSR count). The van der Waals surface area contributed by atoms with E-state index >= 15 is 0 Å². The van der Waals surface area contributed by atoms with Crippen LogP contribution in [-0.4, -0.2) is 24.4 Å². The van der Waals surface area contributed by atoms with Gasteiger partial charge in [-0.1, -0.05) is 65.2 Å². The van der Waals surface area contributed by atoms with Crippen LogP contribution in [0.25, 0.3) is 0 Å². The summed E-state index contributed by atoms with van der Waals surface area (Å²) < 4.78 is 0. The van der Waals surface area contributed by atoms with Crippen molar-refractivity contribution in [2.75, 3.05) is 13.6 Å². The molecule has 0 aromatic rings. The summed E-state index contributed by atoms with van der Waals surface area (Å²) in [5, 5.41) is 0. The molecule has 0 radical (unpaired) electrons. The van der Waals surface area contributed by atoms with Crippen LogP contribution >= 0.6 is 0 Å². The van der Waals surface area contributed by atoms with Gasteiger partial charge < -0.3 is 4.90 Å². The molecule has 2 nitrogen and oxygen atoms in total. The van der Waals surface area contributed by atoms with E-state index in [0.717, 1.165) is 5.57 Å². The van der Waals surface area contributed by atoms with Crippen molar-refractivity contribution in [3.8, 4) is 0 Å². The topological polar surface area (TPSA) is 20.3 Å². The van der Waals surface area contributed by atoms with E-state index < -0.39 is 0 Å². The van der Waals surface area contributed by atoms with Gasteiger partial charge in [0.1, 0.15) is 0 Å². The van der Waals surface area contributed by atoms with Gasteiger partial charge in [0, 0.05) is 19.2 Å². The summed E-state index contributed by atoms with van der Waals surface area (Å²) in [7, 11) is 1.78. The molecular formula is C15H25NO. The quantitative estimate of drug-likeness (QED) is 0.682. The summed E-state index contributed by atoms with van der Waals surface area (Å²) in [6, 6.07) is 0. The smallest absolute Gasteiger partial charge is 0.254 e.